The number of carbonyl (C=O) groups is 2. The van der Waals surface area contributed by atoms with Gasteiger partial charge in [0.1, 0.15) is 0 Å². The Morgan fingerprint density at radius 3 is 0.929 bits per heavy atom. The van der Waals surface area contributed by atoms with E-state index in [1.54, 1.807) is 0 Å². The fourth-order valence-corrected chi connectivity index (χ4v) is 4.27. The Labute approximate surface area is 252 Å². The Morgan fingerprint density at radius 2 is 0.667 bits per heavy atom. The lowest BCUT2D eigenvalue weighted by Gasteiger charge is -2.02. The molecule has 0 N–H and O–H groups in total. The molecule has 2 heteroatoms. The highest BCUT2D eigenvalue weighted by atomic mass is 16.1. The van der Waals surface area contributed by atoms with Gasteiger partial charge in [0.2, 0.25) is 0 Å². The molecular formula is C40H42O2. The Kier molecular flexibility index (Phi) is 12.2. The van der Waals surface area contributed by atoms with Crippen LogP contribution in [0.1, 0.15) is 65.2 Å². The van der Waals surface area contributed by atoms with E-state index in [0.29, 0.717) is 12.8 Å². The zero-order valence-electron chi connectivity index (χ0n) is 25.8. The first-order chi connectivity index (χ1) is 20.1. The highest BCUT2D eigenvalue weighted by molar-refractivity contribution is 5.98. The molecular weight excluding hydrogens is 512 g/mol. The molecule has 5 aromatic rings. The van der Waals surface area contributed by atoms with E-state index in [-0.39, 0.29) is 11.6 Å². The molecule has 0 aliphatic heterocycles. The van der Waals surface area contributed by atoms with Gasteiger partial charge >= 0.3 is 0 Å². The van der Waals surface area contributed by atoms with Crippen LogP contribution in [0, 0.1) is 41.5 Å². The molecule has 214 valence electrons. The van der Waals surface area contributed by atoms with Crippen LogP contribution in [0.3, 0.4) is 0 Å². The summed E-state index contributed by atoms with van der Waals surface area (Å²) < 4.78 is 0. The third-order valence-corrected chi connectivity index (χ3v) is 6.89. The maximum Gasteiger partial charge on any atom is 0.167 e. The van der Waals surface area contributed by atoms with Crippen molar-refractivity contribution in [3.8, 4) is 0 Å². The molecule has 42 heavy (non-hydrogen) atoms. The zero-order chi connectivity index (χ0) is 30.5. The maximum atomic E-state index is 12.0. The van der Waals surface area contributed by atoms with E-state index in [1.165, 1.54) is 33.4 Å². The second-order valence-electron chi connectivity index (χ2n) is 11.1. The quantitative estimate of drug-likeness (QED) is 0.196. The third-order valence-electron chi connectivity index (χ3n) is 6.89. The summed E-state index contributed by atoms with van der Waals surface area (Å²) in [5.74, 6) is 0.350. The summed E-state index contributed by atoms with van der Waals surface area (Å²) in [4.78, 5) is 24.0. The highest BCUT2D eigenvalue weighted by Crippen LogP contribution is 2.11. The van der Waals surface area contributed by atoms with Crippen LogP contribution >= 0.6 is 0 Å². The van der Waals surface area contributed by atoms with Crippen LogP contribution < -0.4 is 0 Å². The van der Waals surface area contributed by atoms with Gasteiger partial charge in [0.25, 0.3) is 0 Å². The predicted octanol–water partition coefficient (Wildman–Crippen LogP) is 9.76. The summed E-state index contributed by atoms with van der Waals surface area (Å²) in [5.41, 5.74) is 11.2. The van der Waals surface area contributed by atoms with Crippen LogP contribution in [-0.2, 0) is 12.8 Å². The monoisotopic (exact) mass is 554 g/mol. The fourth-order valence-electron chi connectivity index (χ4n) is 4.27. The number of carbonyl (C=O) groups excluding carboxylic acids is 2. The molecule has 0 aromatic heterocycles. The number of hydrogen-bond acceptors (Lipinski definition) is 2. The number of aryl methyl sites for hydroxylation is 6. The number of rotatable bonds is 6. The van der Waals surface area contributed by atoms with Gasteiger partial charge in [0.05, 0.1) is 0 Å². The van der Waals surface area contributed by atoms with E-state index in [2.05, 4.69) is 38.1 Å². The molecule has 5 aromatic carbocycles. The molecule has 0 radical (unpaired) electrons. The molecule has 0 amide bonds. The van der Waals surface area contributed by atoms with Gasteiger partial charge < -0.3 is 0 Å². The van der Waals surface area contributed by atoms with E-state index >= 15 is 0 Å². The third kappa shape index (κ3) is 11.1. The van der Waals surface area contributed by atoms with Crippen molar-refractivity contribution in [1.82, 2.24) is 0 Å². The SMILES string of the molecule is Cc1ccc(CC(=O)c2ccc(C)cc2)cc1.Cc1ccc(CC(=O)c2ccc(C)cc2)cc1.Cc1cccc(C)c1. The largest absolute Gasteiger partial charge is 0.294 e. The van der Waals surface area contributed by atoms with Crippen molar-refractivity contribution >= 4 is 11.6 Å². The van der Waals surface area contributed by atoms with Crippen molar-refractivity contribution < 1.29 is 9.59 Å². The smallest absolute Gasteiger partial charge is 0.167 e. The van der Waals surface area contributed by atoms with Gasteiger partial charge in [-0.05, 0) is 52.7 Å². The molecule has 5 rings (SSSR count). The fraction of sp³-hybridized carbons (Fsp3) is 0.200. The first-order valence-electron chi connectivity index (χ1n) is 14.4. The first-order valence-corrected chi connectivity index (χ1v) is 14.4. The van der Waals surface area contributed by atoms with E-state index < -0.39 is 0 Å². The Morgan fingerprint density at radius 1 is 0.381 bits per heavy atom. The lowest BCUT2D eigenvalue weighted by Crippen LogP contribution is -2.03. The van der Waals surface area contributed by atoms with Crippen molar-refractivity contribution in [2.24, 2.45) is 0 Å². The first kappa shape index (κ1) is 32.0. The Hall–Kier alpha value is -4.56. The normalized spacial score (nSPS) is 10.0. The van der Waals surface area contributed by atoms with Gasteiger partial charge in [0, 0.05) is 24.0 Å². The number of ketones is 2. The van der Waals surface area contributed by atoms with Crippen LogP contribution in [0.25, 0.3) is 0 Å². The number of benzene rings is 5. The van der Waals surface area contributed by atoms with E-state index in [9.17, 15) is 9.59 Å². The van der Waals surface area contributed by atoms with Gasteiger partial charge in [-0.3, -0.25) is 9.59 Å². The van der Waals surface area contributed by atoms with E-state index in [4.69, 9.17) is 0 Å². The minimum Gasteiger partial charge on any atom is -0.294 e. The van der Waals surface area contributed by atoms with Gasteiger partial charge in [-0.2, -0.15) is 0 Å². The maximum absolute atomic E-state index is 12.0. The lowest BCUT2D eigenvalue weighted by atomic mass is 10.0. The van der Waals surface area contributed by atoms with Gasteiger partial charge in [-0.15, -0.1) is 0 Å². The Bertz CT molecular complexity index is 1440. The predicted molar refractivity (Wildman–Crippen MR) is 177 cm³/mol. The van der Waals surface area contributed by atoms with Crippen LogP contribution in [0.2, 0.25) is 0 Å². The molecule has 0 bridgehead atoms. The lowest BCUT2D eigenvalue weighted by molar-refractivity contribution is 0.0984. The van der Waals surface area contributed by atoms with E-state index in [0.717, 1.165) is 22.3 Å². The molecule has 0 saturated carbocycles. The summed E-state index contributed by atoms with van der Waals surface area (Å²) >= 11 is 0. The van der Waals surface area contributed by atoms with Crippen molar-refractivity contribution in [2.45, 2.75) is 54.4 Å². The minimum atomic E-state index is 0.175. The second-order valence-corrected chi connectivity index (χ2v) is 11.1. The van der Waals surface area contributed by atoms with Crippen molar-refractivity contribution in [1.29, 1.82) is 0 Å². The average molecular weight is 555 g/mol. The molecule has 0 spiro atoms. The second kappa shape index (κ2) is 16.0. The van der Waals surface area contributed by atoms with Crippen LogP contribution in [0.4, 0.5) is 0 Å². The number of hydrogen-bond donors (Lipinski definition) is 0. The van der Waals surface area contributed by atoms with Crippen LogP contribution in [-0.4, -0.2) is 11.6 Å². The zero-order valence-corrected chi connectivity index (χ0v) is 25.8. The summed E-state index contributed by atoms with van der Waals surface area (Å²) in [7, 11) is 0. The minimum absolute atomic E-state index is 0.175. The standard InChI is InChI=1S/2C16H16O.C8H10/c2*1-12-3-7-14(8-4-12)11-16(17)15-9-5-13(2)6-10-15;1-7-4-3-5-8(2)6-7/h2*3-10H,11H2,1-2H3;3-6H,1-2H3. The van der Waals surface area contributed by atoms with Crippen molar-refractivity contribution in [3.63, 3.8) is 0 Å². The van der Waals surface area contributed by atoms with Crippen molar-refractivity contribution in [3.05, 3.63) is 177 Å². The molecule has 0 atom stereocenters. The van der Waals surface area contributed by atoms with Crippen LogP contribution in [0.5, 0.6) is 0 Å². The summed E-state index contributed by atoms with van der Waals surface area (Å²) in [6.45, 7) is 12.3. The van der Waals surface area contributed by atoms with E-state index in [1.807, 2.05) is 125 Å². The molecule has 2 nitrogen and oxygen atoms in total. The van der Waals surface area contributed by atoms with Crippen molar-refractivity contribution in [2.75, 3.05) is 0 Å². The molecule has 0 saturated heterocycles. The number of Topliss-reactive ketones (excluding diaryl/α,β-unsaturated/α-hetero) is 2. The summed E-state index contributed by atoms with van der Waals surface area (Å²) in [6.07, 6.45) is 0.951. The summed E-state index contributed by atoms with van der Waals surface area (Å²) in [6, 6.07) is 40.1. The molecule has 0 fully saturated rings. The van der Waals surface area contributed by atoms with Gasteiger partial charge in [0.15, 0.2) is 11.6 Å². The van der Waals surface area contributed by atoms with Gasteiger partial charge in [-0.1, -0.05) is 155 Å². The average Bonchev–Trinajstić information content (AvgIpc) is 2.97. The Balaban J connectivity index is 0.000000184. The highest BCUT2D eigenvalue weighted by Gasteiger charge is 2.07. The molecule has 0 unspecified atom stereocenters. The summed E-state index contributed by atoms with van der Waals surface area (Å²) in [5, 5.41) is 0. The van der Waals surface area contributed by atoms with Gasteiger partial charge in [-0.25, -0.2) is 0 Å². The molecule has 0 aliphatic rings. The molecule has 0 heterocycles. The molecule has 0 aliphatic carbocycles. The van der Waals surface area contributed by atoms with Crippen LogP contribution in [0.15, 0.2) is 121 Å². The topological polar surface area (TPSA) is 34.1 Å².